The minimum Gasteiger partial charge on any atom is -0.394 e. The maximum absolute atomic E-state index is 10.6. The minimum absolute atomic E-state index is 0.585. The monoisotopic (exact) mass is 223 g/mol. The van der Waals surface area contributed by atoms with Gasteiger partial charge < -0.3 is 24.8 Å². The van der Waals surface area contributed by atoms with Gasteiger partial charge in [0, 0.05) is 12.0 Å². The van der Waals surface area contributed by atoms with Gasteiger partial charge in [-0.3, -0.25) is 10.1 Å². The summed E-state index contributed by atoms with van der Waals surface area (Å²) in [6, 6.07) is -1.62. The smallest absolute Gasteiger partial charge is 0.271 e. The van der Waals surface area contributed by atoms with Crippen molar-refractivity contribution in [3.8, 4) is 0 Å². The van der Waals surface area contributed by atoms with E-state index in [2.05, 4.69) is 4.74 Å². The Bertz CT molecular complexity index is 219. The zero-order valence-electron chi connectivity index (χ0n) is 8.02. The Morgan fingerprint density at radius 3 is 2.47 bits per heavy atom. The molecule has 1 aliphatic rings. The lowest BCUT2D eigenvalue weighted by molar-refractivity contribution is -0.565. The van der Waals surface area contributed by atoms with Crippen molar-refractivity contribution in [1.82, 2.24) is 0 Å². The summed E-state index contributed by atoms with van der Waals surface area (Å²) in [6.07, 6.45) is -5.48. The molecule has 0 amide bonds. The average molecular weight is 223 g/mol. The second-order valence-electron chi connectivity index (χ2n) is 3.22. The van der Waals surface area contributed by atoms with Crippen LogP contribution in [-0.4, -0.2) is 64.6 Å². The fourth-order valence-corrected chi connectivity index (χ4v) is 1.51. The number of ether oxygens (including phenoxy) is 2. The van der Waals surface area contributed by atoms with Crippen molar-refractivity contribution < 1.29 is 29.7 Å². The Labute approximate surface area is 85.2 Å². The van der Waals surface area contributed by atoms with Gasteiger partial charge in [0.05, 0.1) is 6.61 Å². The Kier molecular flexibility index (Phi) is 3.94. The maximum Gasteiger partial charge on any atom is 0.271 e. The zero-order chi connectivity index (χ0) is 11.6. The molecule has 1 aliphatic heterocycles. The Balaban J connectivity index is 2.86. The van der Waals surface area contributed by atoms with Gasteiger partial charge >= 0.3 is 0 Å². The first kappa shape index (κ1) is 12.3. The van der Waals surface area contributed by atoms with Gasteiger partial charge in [0.15, 0.2) is 18.5 Å². The fraction of sp³-hybridized carbons (Fsp3) is 1.00. The molecule has 8 heteroatoms. The van der Waals surface area contributed by atoms with Gasteiger partial charge in [-0.1, -0.05) is 0 Å². The predicted molar refractivity (Wildman–Crippen MR) is 45.6 cm³/mol. The van der Waals surface area contributed by atoms with Crippen LogP contribution in [0.15, 0.2) is 0 Å². The summed E-state index contributed by atoms with van der Waals surface area (Å²) >= 11 is 0. The SMILES string of the molecule is CO[C@@H]1O[C@H](CO)[C@@H](O)[C@H]([N+](=O)[O-])[C@H]1O. The highest BCUT2D eigenvalue weighted by Crippen LogP contribution is 2.23. The quantitative estimate of drug-likeness (QED) is 0.363. The second-order valence-corrected chi connectivity index (χ2v) is 3.22. The van der Waals surface area contributed by atoms with Crippen LogP contribution in [0.3, 0.4) is 0 Å². The molecule has 88 valence electrons. The van der Waals surface area contributed by atoms with Crippen molar-refractivity contribution >= 4 is 0 Å². The van der Waals surface area contributed by atoms with E-state index in [1.807, 2.05) is 0 Å². The van der Waals surface area contributed by atoms with Crippen molar-refractivity contribution in [2.45, 2.75) is 30.6 Å². The van der Waals surface area contributed by atoms with Gasteiger partial charge in [-0.2, -0.15) is 0 Å². The molecule has 0 aromatic carbocycles. The molecule has 0 bridgehead atoms. The number of aliphatic hydroxyl groups is 3. The normalized spacial score (nSPS) is 41.5. The van der Waals surface area contributed by atoms with Crippen molar-refractivity contribution in [2.75, 3.05) is 13.7 Å². The van der Waals surface area contributed by atoms with Crippen LogP contribution in [0.2, 0.25) is 0 Å². The van der Waals surface area contributed by atoms with Gasteiger partial charge in [0.2, 0.25) is 0 Å². The molecule has 3 N–H and O–H groups in total. The molecule has 15 heavy (non-hydrogen) atoms. The van der Waals surface area contributed by atoms with Crippen molar-refractivity contribution in [2.24, 2.45) is 0 Å². The minimum atomic E-state index is -1.62. The molecule has 1 fully saturated rings. The Morgan fingerprint density at radius 1 is 1.47 bits per heavy atom. The van der Waals surface area contributed by atoms with Crippen LogP contribution in [0.5, 0.6) is 0 Å². The highest BCUT2D eigenvalue weighted by Gasteiger charge is 2.51. The first-order valence-electron chi connectivity index (χ1n) is 4.31. The van der Waals surface area contributed by atoms with Crippen LogP contribution < -0.4 is 0 Å². The summed E-state index contributed by atoms with van der Waals surface area (Å²) in [5.74, 6) is 0. The van der Waals surface area contributed by atoms with Gasteiger partial charge in [-0.05, 0) is 0 Å². The summed E-state index contributed by atoms with van der Waals surface area (Å²) in [4.78, 5) is 9.78. The average Bonchev–Trinajstić information content (AvgIpc) is 2.18. The van der Waals surface area contributed by atoms with Crippen molar-refractivity contribution in [1.29, 1.82) is 0 Å². The largest absolute Gasteiger partial charge is 0.394 e. The molecule has 5 atom stereocenters. The van der Waals surface area contributed by atoms with Gasteiger partial charge in [0.1, 0.15) is 6.10 Å². The summed E-state index contributed by atoms with van der Waals surface area (Å²) < 4.78 is 9.58. The van der Waals surface area contributed by atoms with E-state index in [1.165, 1.54) is 7.11 Å². The topological polar surface area (TPSA) is 122 Å². The zero-order valence-corrected chi connectivity index (χ0v) is 8.02. The molecule has 0 aromatic heterocycles. The Morgan fingerprint density at radius 2 is 2.07 bits per heavy atom. The molecule has 0 saturated carbocycles. The van der Waals surface area contributed by atoms with Crippen LogP contribution in [0.25, 0.3) is 0 Å². The molecule has 1 saturated heterocycles. The van der Waals surface area contributed by atoms with Gasteiger partial charge in [-0.25, -0.2) is 0 Å². The van der Waals surface area contributed by atoms with E-state index in [0.717, 1.165) is 0 Å². The standard InChI is InChI=1S/C7H13NO7/c1-14-7-6(11)4(8(12)13)5(10)3(2-9)15-7/h3-7,9-11H,2H2,1H3/t3-,4+,5-,6-,7-/m1/s1. The highest BCUT2D eigenvalue weighted by molar-refractivity contribution is 4.89. The fourth-order valence-electron chi connectivity index (χ4n) is 1.51. The lowest BCUT2D eigenvalue weighted by Crippen LogP contribution is -2.61. The highest BCUT2D eigenvalue weighted by atomic mass is 16.7. The van der Waals surface area contributed by atoms with Crippen LogP contribution in [-0.2, 0) is 9.47 Å². The summed E-state index contributed by atoms with van der Waals surface area (Å²) in [6.45, 7) is -0.585. The third-order valence-electron chi connectivity index (χ3n) is 2.32. The maximum atomic E-state index is 10.6. The summed E-state index contributed by atoms with van der Waals surface area (Å²) in [5, 5.41) is 38.3. The van der Waals surface area contributed by atoms with Crippen LogP contribution >= 0.6 is 0 Å². The molecule has 0 aromatic rings. The number of nitro groups is 1. The first-order valence-corrected chi connectivity index (χ1v) is 4.31. The van der Waals surface area contributed by atoms with E-state index in [9.17, 15) is 20.3 Å². The lowest BCUT2D eigenvalue weighted by atomic mass is 9.97. The van der Waals surface area contributed by atoms with Crippen LogP contribution in [0.1, 0.15) is 0 Å². The van der Waals surface area contributed by atoms with E-state index in [4.69, 9.17) is 9.84 Å². The van der Waals surface area contributed by atoms with Crippen LogP contribution in [0.4, 0.5) is 0 Å². The van der Waals surface area contributed by atoms with Crippen molar-refractivity contribution in [3.63, 3.8) is 0 Å². The van der Waals surface area contributed by atoms with Gasteiger partial charge in [0.25, 0.3) is 6.04 Å². The van der Waals surface area contributed by atoms with E-state index >= 15 is 0 Å². The van der Waals surface area contributed by atoms with Crippen LogP contribution in [0, 0.1) is 10.1 Å². The van der Waals surface area contributed by atoms with Gasteiger partial charge in [-0.15, -0.1) is 0 Å². The van der Waals surface area contributed by atoms with E-state index in [0.29, 0.717) is 0 Å². The second kappa shape index (κ2) is 4.81. The lowest BCUT2D eigenvalue weighted by Gasteiger charge is -2.36. The molecule has 1 rings (SSSR count). The number of nitrogens with zero attached hydrogens (tertiary/aromatic N) is 1. The van der Waals surface area contributed by atoms with E-state index in [1.54, 1.807) is 0 Å². The Hall–Kier alpha value is -0.800. The summed E-state index contributed by atoms with van der Waals surface area (Å²) in [7, 11) is 1.21. The molecule has 0 unspecified atom stereocenters. The summed E-state index contributed by atoms with van der Waals surface area (Å²) in [5.41, 5.74) is 0. The number of hydrogen-bond acceptors (Lipinski definition) is 7. The predicted octanol–water partition coefficient (Wildman–Crippen LogP) is -2.28. The molecule has 0 spiro atoms. The number of aliphatic hydroxyl groups excluding tert-OH is 3. The molecule has 8 nitrogen and oxygen atoms in total. The third kappa shape index (κ3) is 2.24. The van der Waals surface area contributed by atoms with E-state index < -0.39 is 42.2 Å². The van der Waals surface area contributed by atoms with E-state index in [-0.39, 0.29) is 0 Å². The molecule has 0 aliphatic carbocycles. The third-order valence-corrected chi connectivity index (χ3v) is 2.32. The first-order chi connectivity index (χ1) is 7.02. The number of rotatable bonds is 3. The molecule has 0 radical (unpaired) electrons. The molecular weight excluding hydrogens is 210 g/mol. The molecular formula is C7H13NO7. The van der Waals surface area contributed by atoms with Crippen molar-refractivity contribution in [3.05, 3.63) is 10.1 Å². The number of hydrogen-bond donors (Lipinski definition) is 3. The molecule has 1 heterocycles. The number of methoxy groups -OCH3 is 1.